The molecule has 384 valence electrons. The lowest BCUT2D eigenvalue weighted by Gasteiger charge is -2.22. The predicted molar refractivity (Wildman–Crippen MR) is 359 cm³/mol. The van der Waals surface area contributed by atoms with Crippen LogP contribution in [0.3, 0.4) is 0 Å². The predicted octanol–water partition coefficient (Wildman–Crippen LogP) is 23.6. The zero-order valence-electron chi connectivity index (χ0n) is 45.7. The van der Waals surface area contributed by atoms with E-state index in [0.717, 1.165) is 0 Å². The minimum Gasteiger partial charge on any atom is -0.0622 e. The van der Waals surface area contributed by atoms with Crippen LogP contribution in [0, 0.1) is 0 Å². The molecule has 0 amide bonds. The molecule has 0 unspecified atom stereocenters. The van der Waals surface area contributed by atoms with Crippen molar-refractivity contribution in [1.82, 2.24) is 0 Å². The van der Waals surface area contributed by atoms with E-state index in [4.69, 9.17) is 0 Å². The van der Waals surface area contributed by atoms with Crippen molar-refractivity contribution in [2.45, 2.75) is 0 Å². The molecule has 19 rings (SSSR count). The summed E-state index contributed by atoms with van der Waals surface area (Å²) in [5.74, 6) is 0. The summed E-state index contributed by atoms with van der Waals surface area (Å²) in [5, 5.41) is 20.6. The van der Waals surface area contributed by atoms with Crippen molar-refractivity contribution < 1.29 is 0 Å². The number of rotatable bonds is 6. The zero-order valence-corrected chi connectivity index (χ0v) is 45.7. The van der Waals surface area contributed by atoms with Crippen molar-refractivity contribution in [2.24, 2.45) is 0 Å². The van der Waals surface area contributed by atoms with Crippen LogP contribution in [0.2, 0.25) is 0 Å². The number of benzene rings is 17. The van der Waals surface area contributed by atoms with Gasteiger partial charge in [-0.15, -0.1) is 0 Å². The van der Waals surface area contributed by atoms with Crippen LogP contribution in [0.5, 0.6) is 0 Å². The lowest BCUT2D eigenvalue weighted by molar-refractivity contribution is 1.59. The van der Waals surface area contributed by atoms with Crippen molar-refractivity contribution in [3.05, 3.63) is 291 Å². The van der Waals surface area contributed by atoms with Gasteiger partial charge in [0.15, 0.2) is 0 Å². The summed E-state index contributed by atoms with van der Waals surface area (Å²) in [6.07, 6.45) is 0. The molecule has 0 heterocycles. The van der Waals surface area contributed by atoms with Gasteiger partial charge in [0.1, 0.15) is 0 Å². The Morgan fingerprint density at radius 2 is 0.381 bits per heavy atom. The summed E-state index contributed by atoms with van der Waals surface area (Å²) in [7, 11) is 0. The third-order valence-electron chi connectivity index (χ3n) is 19.1. The van der Waals surface area contributed by atoms with E-state index in [9.17, 15) is 0 Å². The van der Waals surface area contributed by atoms with Gasteiger partial charge in [0.05, 0.1) is 0 Å². The first-order chi connectivity index (χ1) is 41.8. The van der Waals surface area contributed by atoms with Gasteiger partial charge in [-0.1, -0.05) is 291 Å². The largest absolute Gasteiger partial charge is 0.0622 e. The van der Waals surface area contributed by atoms with Gasteiger partial charge in [-0.2, -0.15) is 0 Å². The molecule has 2 aliphatic carbocycles. The Hall–Kier alpha value is -10.9. The summed E-state index contributed by atoms with van der Waals surface area (Å²) >= 11 is 0. The van der Waals surface area contributed by atoms with Crippen LogP contribution in [0.15, 0.2) is 291 Å². The first-order valence-corrected chi connectivity index (χ1v) is 29.4. The molecule has 84 heavy (non-hydrogen) atoms. The Morgan fingerprint density at radius 1 is 0.119 bits per heavy atom. The van der Waals surface area contributed by atoms with E-state index < -0.39 is 0 Å². The molecule has 0 heteroatoms. The molecule has 0 N–H and O–H groups in total. The molecule has 0 nitrogen and oxygen atoms in total. The highest BCUT2D eigenvalue weighted by Gasteiger charge is 2.36. The minimum atomic E-state index is 1.21. The Bertz CT molecular complexity index is 5320. The SMILES string of the molecule is c1ccc(-c2ccccc2-c2c3c(c(-c4cccc5ccccc45)c4ccccc24)-c2ccc4c5ccc6c7c(ccc(c8ccc-3c2c84)c75)-c2c-6c(-c3ccccc3-c3ccccc3)c3ccccc3c2-c2cccc3ccccc23)cc1. The molecule has 0 aliphatic heterocycles. The maximum Gasteiger partial charge on any atom is -0.000718 e. The fourth-order valence-corrected chi connectivity index (χ4v) is 15.8. The fourth-order valence-electron chi connectivity index (χ4n) is 15.8. The maximum absolute atomic E-state index is 2.49. The van der Waals surface area contributed by atoms with E-state index in [1.807, 2.05) is 0 Å². The van der Waals surface area contributed by atoms with Gasteiger partial charge < -0.3 is 0 Å². The van der Waals surface area contributed by atoms with Gasteiger partial charge >= 0.3 is 0 Å². The van der Waals surface area contributed by atoms with Crippen molar-refractivity contribution in [1.29, 1.82) is 0 Å². The smallest absolute Gasteiger partial charge is 0.000718 e. The van der Waals surface area contributed by atoms with Gasteiger partial charge in [-0.05, 0) is 197 Å². The monoisotopic (exact) mass is 1060 g/mol. The molecule has 0 spiro atoms. The van der Waals surface area contributed by atoms with Crippen LogP contribution in [-0.2, 0) is 0 Å². The van der Waals surface area contributed by atoms with E-state index in [0.29, 0.717) is 0 Å². The van der Waals surface area contributed by atoms with Gasteiger partial charge in [0, 0.05) is 0 Å². The van der Waals surface area contributed by atoms with Crippen molar-refractivity contribution in [3.63, 3.8) is 0 Å². The maximum atomic E-state index is 2.49. The third kappa shape index (κ3) is 6.11. The topological polar surface area (TPSA) is 0 Å². The lowest BCUT2D eigenvalue weighted by Crippen LogP contribution is -1.95. The summed E-state index contributed by atoms with van der Waals surface area (Å²) in [4.78, 5) is 0. The average Bonchev–Trinajstić information content (AvgIpc) is 1.69. The second kappa shape index (κ2) is 17.3. The van der Waals surface area contributed by atoms with Gasteiger partial charge in [-0.25, -0.2) is 0 Å². The Labute approximate surface area is 485 Å². The van der Waals surface area contributed by atoms with Crippen LogP contribution < -0.4 is 0 Å². The molecular formula is C84H48. The normalized spacial score (nSPS) is 12.3. The van der Waals surface area contributed by atoms with E-state index in [1.54, 1.807) is 0 Å². The summed E-state index contributed by atoms with van der Waals surface area (Å²) in [6.45, 7) is 0. The molecule has 0 atom stereocenters. The fraction of sp³-hybridized carbons (Fsp3) is 0. The number of hydrogen-bond acceptors (Lipinski definition) is 0. The Morgan fingerprint density at radius 3 is 0.738 bits per heavy atom. The highest BCUT2D eigenvalue weighted by molar-refractivity contribution is 6.43. The average molecular weight is 1060 g/mol. The quantitative estimate of drug-likeness (QED) is 0.115. The molecule has 17 aromatic carbocycles. The standard InChI is InChI=1S/C84H48/c1-3-21-49(22-4-1)53-31-11-13-33-57(53)75-61-35-15-17-37-63(61)77(59-39-19-27-51-25-7-9-29-55(51)59)83-71-47-43-67-66-42-46-70-80-72(48-44-68(74(66)80)65-41-45-69(81(75)83)79(71)73(65)67)84-78(60-40-20-28-52-26-8-10-30-56(52)60)64-38-18-16-36-62(64)76(82(70)84)58-34-14-12-32-54(58)50-23-5-2-6-24-50/h1-48H. The first-order valence-electron chi connectivity index (χ1n) is 29.4. The van der Waals surface area contributed by atoms with Crippen LogP contribution in [0.25, 0.3) is 197 Å². The minimum absolute atomic E-state index is 1.21. The van der Waals surface area contributed by atoms with E-state index in [-0.39, 0.29) is 0 Å². The molecule has 2 aliphatic rings. The third-order valence-corrected chi connectivity index (χ3v) is 19.1. The lowest BCUT2D eigenvalue weighted by atomic mass is 9.80. The van der Waals surface area contributed by atoms with Crippen LogP contribution in [0.4, 0.5) is 0 Å². The highest BCUT2D eigenvalue weighted by Crippen LogP contribution is 2.64. The molecular weight excluding hydrogens is 1010 g/mol. The molecule has 17 aromatic rings. The van der Waals surface area contributed by atoms with Gasteiger partial charge in [-0.3, -0.25) is 0 Å². The second-order valence-corrected chi connectivity index (χ2v) is 23.1. The van der Waals surface area contributed by atoms with E-state index in [2.05, 4.69) is 291 Å². The number of hydrogen-bond donors (Lipinski definition) is 0. The van der Waals surface area contributed by atoms with E-state index >= 15 is 0 Å². The summed E-state index contributed by atoms with van der Waals surface area (Å²) < 4.78 is 0. The molecule has 0 saturated carbocycles. The summed E-state index contributed by atoms with van der Waals surface area (Å²) in [5.41, 5.74) is 25.5. The van der Waals surface area contributed by atoms with Crippen LogP contribution in [0.1, 0.15) is 0 Å². The zero-order chi connectivity index (χ0) is 54.7. The first kappa shape index (κ1) is 45.8. The Kier molecular flexibility index (Phi) is 9.43. The van der Waals surface area contributed by atoms with Crippen molar-refractivity contribution in [2.75, 3.05) is 0 Å². The molecule has 0 saturated heterocycles. The molecule has 0 radical (unpaired) electrons. The molecule has 0 aromatic heterocycles. The highest BCUT2D eigenvalue weighted by atomic mass is 14.4. The number of fused-ring (bicyclic) bond motifs is 12. The van der Waals surface area contributed by atoms with Gasteiger partial charge in [0.25, 0.3) is 0 Å². The van der Waals surface area contributed by atoms with Crippen molar-refractivity contribution >= 4 is 86.2 Å². The molecule has 0 fully saturated rings. The van der Waals surface area contributed by atoms with Crippen LogP contribution >= 0.6 is 0 Å². The molecule has 0 bridgehead atoms. The van der Waals surface area contributed by atoms with E-state index in [1.165, 1.54) is 197 Å². The summed E-state index contributed by atoms with van der Waals surface area (Å²) in [6, 6.07) is 110. The van der Waals surface area contributed by atoms with Crippen molar-refractivity contribution in [3.8, 4) is 111 Å². The second-order valence-electron chi connectivity index (χ2n) is 23.1. The van der Waals surface area contributed by atoms with Crippen LogP contribution in [-0.4, -0.2) is 0 Å². The Balaban J connectivity index is 0.943. The van der Waals surface area contributed by atoms with Gasteiger partial charge in [0.2, 0.25) is 0 Å².